The second-order valence-corrected chi connectivity index (χ2v) is 3.71. The van der Waals surface area contributed by atoms with Gasteiger partial charge in [0.1, 0.15) is 5.75 Å². The van der Waals surface area contributed by atoms with Crippen LogP contribution < -0.4 is 11.5 Å². The van der Waals surface area contributed by atoms with Gasteiger partial charge in [0, 0.05) is 11.4 Å². The largest absolute Gasteiger partial charge is 0.508 e. The van der Waals surface area contributed by atoms with E-state index < -0.39 is 18.1 Å². The number of ether oxygens (including phenoxy) is 1. The van der Waals surface area contributed by atoms with Gasteiger partial charge in [0.15, 0.2) is 6.10 Å². The second-order valence-electron chi connectivity index (χ2n) is 3.31. The highest BCUT2D eigenvalue weighted by atomic mass is 35.5. The molecule has 0 fully saturated rings. The first-order chi connectivity index (χ1) is 7.90. The number of primary amides is 2. The van der Waals surface area contributed by atoms with Crippen LogP contribution in [-0.4, -0.2) is 23.2 Å². The quantitative estimate of drug-likeness (QED) is 0.731. The first kappa shape index (κ1) is 13.1. The monoisotopic (exact) mass is 258 g/mol. The molecule has 17 heavy (non-hydrogen) atoms. The maximum absolute atomic E-state index is 11.0. The van der Waals surface area contributed by atoms with E-state index in [-0.39, 0.29) is 17.2 Å². The minimum Gasteiger partial charge on any atom is -0.508 e. The number of benzene rings is 1. The fourth-order valence-corrected chi connectivity index (χ4v) is 1.49. The van der Waals surface area contributed by atoms with Crippen molar-refractivity contribution in [3.63, 3.8) is 0 Å². The molecule has 0 aliphatic carbocycles. The Morgan fingerprint density at radius 3 is 2.53 bits per heavy atom. The molecule has 1 aromatic carbocycles. The topological polar surface area (TPSA) is 116 Å². The maximum Gasteiger partial charge on any atom is 0.405 e. The molecule has 0 saturated carbocycles. The van der Waals surface area contributed by atoms with Crippen LogP contribution in [0.3, 0.4) is 0 Å². The standard InChI is InChI=1S/C10H11ClN2O4/c11-7-4-6(14)2-1-5(7)3-8(9(12)15)17-10(13)16/h1-2,4,8,14H,3H2,(H2,12,15)(H2,13,16)/t8-/m0/s1. The van der Waals surface area contributed by atoms with Gasteiger partial charge >= 0.3 is 6.09 Å². The highest BCUT2D eigenvalue weighted by molar-refractivity contribution is 6.31. The van der Waals surface area contributed by atoms with Crippen LogP contribution in [0.4, 0.5) is 4.79 Å². The van der Waals surface area contributed by atoms with E-state index in [0.717, 1.165) is 0 Å². The molecule has 0 aliphatic heterocycles. The van der Waals surface area contributed by atoms with Crippen molar-refractivity contribution in [2.24, 2.45) is 11.5 Å². The molecular weight excluding hydrogens is 248 g/mol. The summed E-state index contributed by atoms with van der Waals surface area (Å²) in [6.45, 7) is 0. The van der Waals surface area contributed by atoms with Crippen molar-refractivity contribution in [1.82, 2.24) is 0 Å². The van der Waals surface area contributed by atoms with E-state index in [0.29, 0.717) is 5.56 Å². The van der Waals surface area contributed by atoms with Crippen molar-refractivity contribution < 1.29 is 19.4 Å². The van der Waals surface area contributed by atoms with Crippen LogP contribution in [0.2, 0.25) is 5.02 Å². The van der Waals surface area contributed by atoms with Crippen LogP contribution >= 0.6 is 11.6 Å². The van der Waals surface area contributed by atoms with E-state index in [1.165, 1.54) is 18.2 Å². The molecule has 0 heterocycles. The number of halogens is 1. The van der Waals surface area contributed by atoms with Crippen LogP contribution in [0.1, 0.15) is 5.56 Å². The summed E-state index contributed by atoms with van der Waals surface area (Å²) in [4.78, 5) is 21.6. The van der Waals surface area contributed by atoms with E-state index in [2.05, 4.69) is 4.74 Å². The first-order valence-electron chi connectivity index (χ1n) is 4.63. The van der Waals surface area contributed by atoms with Crippen molar-refractivity contribution >= 4 is 23.6 Å². The van der Waals surface area contributed by atoms with Gasteiger partial charge in [0.2, 0.25) is 0 Å². The third-order valence-corrected chi connectivity index (χ3v) is 2.37. The SMILES string of the molecule is NC(=O)O[C@@H](Cc1ccc(O)cc1Cl)C(N)=O. The summed E-state index contributed by atoms with van der Waals surface area (Å²) in [5, 5.41) is 9.38. The molecule has 1 rings (SSSR count). The Labute approximate surface area is 102 Å². The molecule has 0 unspecified atom stereocenters. The third-order valence-electron chi connectivity index (χ3n) is 2.02. The molecule has 6 nitrogen and oxygen atoms in total. The summed E-state index contributed by atoms with van der Waals surface area (Å²) in [5.41, 5.74) is 10.4. The molecule has 7 heteroatoms. The summed E-state index contributed by atoms with van der Waals surface area (Å²) in [6, 6.07) is 4.20. The molecule has 5 N–H and O–H groups in total. The third kappa shape index (κ3) is 3.84. The average molecular weight is 259 g/mol. The predicted molar refractivity (Wildman–Crippen MR) is 60.5 cm³/mol. The number of rotatable bonds is 4. The normalized spacial score (nSPS) is 11.8. The number of hydrogen-bond donors (Lipinski definition) is 3. The van der Waals surface area contributed by atoms with E-state index in [9.17, 15) is 9.59 Å². The molecule has 0 saturated heterocycles. The fourth-order valence-electron chi connectivity index (χ4n) is 1.24. The van der Waals surface area contributed by atoms with Gasteiger partial charge < -0.3 is 21.3 Å². The van der Waals surface area contributed by atoms with E-state index in [1.54, 1.807) is 0 Å². The number of aromatic hydroxyl groups is 1. The maximum atomic E-state index is 11.0. The van der Waals surface area contributed by atoms with Crippen molar-refractivity contribution in [3.05, 3.63) is 28.8 Å². The summed E-state index contributed by atoms with van der Waals surface area (Å²) in [6.07, 6.45) is -2.28. The zero-order valence-electron chi connectivity index (χ0n) is 8.72. The number of carbonyl (C=O) groups is 2. The molecule has 1 atom stereocenters. The number of nitrogens with two attached hydrogens (primary N) is 2. The van der Waals surface area contributed by atoms with Crippen molar-refractivity contribution in [1.29, 1.82) is 0 Å². The molecule has 0 spiro atoms. The summed E-state index contributed by atoms with van der Waals surface area (Å²) >= 11 is 5.83. The van der Waals surface area contributed by atoms with Crippen LogP contribution in [0.25, 0.3) is 0 Å². The lowest BCUT2D eigenvalue weighted by Gasteiger charge is -2.13. The van der Waals surface area contributed by atoms with E-state index in [1.807, 2.05) is 0 Å². The summed E-state index contributed by atoms with van der Waals surface area (Å²) in [7, 11) is 0. The summed E-state index contributed by atoms with van der Waals surface area (Å²) in [5.74, 6) is -0.835. The molecule has 0 radical (unpaired) electrons. The van der Waals surface area contributed by atoms with Crippen LogP contribution in [0.15, 0.2) is 18.2 Å². The molecule has 1 aromatic rings. The highest BCUT2D eigenvalue weighted by Crippen LogP contribution is 2.23. The van der Waals surface area contributed by atoms with Crippen LogP contribution in [0, 0.1) is 0 Å². The number of phenolic OH excluding ortho intramolecular Hbond substituents is 1. The number of phenols is 1. The van der Waals surface area contributed by atoms with Gasteiger partial charge in [-0.25, -0.2) is 4.79 Å². The lowest BCUT2D eigenvalue weighted by atomic mass is 10.1. The summed E-state index contributed by atoms with van der Waals surface area (Å²) < 4.78 is 4.54. The Morgan fingerprint density at radius 1 is 1.41 bits per heavy atom. The number of carbonyl (C=O) groups excluding carboxylic acids is 2. The molecule has 0 bridgehead atoms. The van der Waals surface area contributed by atoms with Crippen molar-refractivity contribution in [2.75, 3.05) is 0 Å². The molecule has 0 aliphatic rings. The highest BCUT2D eigenvalue weighted by Gasteiger charge is 2.20. The van der Waals surface area contributed by atoms with Crippen LogP contribution in [-0.2, 0) is 16.0 Å². The zero-order chi connectivity index (χ0) is 13.0. The molecule has 2 amide bonds. The van der Waals surface area contributed by atoms with Gasteiger partial charge in [-0.1, -0.05) is 17.7 Å². The minimum atomic E-state index is -1.19. The Bertz CT molecular complexity index is 450. The molecule has 0 aromatic heterocycles. The number of hydrogen-bond acceptors (Lipinski definition) is 4. The molecule has 92 valence electrons. The van der Waals surface area contributed by atoms with Crippen molar-refractivity contribution in [3.8, 4) is 5.75 Å². The lowest BCUT2D eigenvalue weighted by molar-refractivity contribution is -0.126. The Kier molecular flexibility index (Phi) is 4.17. The minimum absolute atomic E-state index is 0.00259. The Hall–Kier alpha value is -1.95. The van der Waals surface area contributed by atoms with Gasteiger partial charge in [-0.15, -0.1) is 0 Å². The number of amides is 2. The second kappa shape index (κ2) is 5.40. The van der Waals surface area contributed by atoms with Gasteiger partial charge in [-0.3, -0.25) is 4.79 Å². The molecular formula is C10H11ClN2O4. The lowest BCUT2D eigenvalue weighted by Crippen LogP contribution is -2.36. The van der Waals surface area contributed by atoms with Gasteiger partial charge in [0.05, 0.1) is 0 Å². The Morgan fingerprint density at radius 2 is 2.06 bits per heavy atom. The predicted octanol–water partition coefficient (Wildman–Crippen LogP) is 0.537. The van der Waals surface area contributed by atoms with E-state index in [4.69, 9.17) is 28.2 Å². The van der Waals surface area contributed by atoms with Crippen molar-refractivity contribution in [2.45, 2.75) is 12.5 Å². The van der Waals surface area contributed by atoms with Gasteiger partial charge in [-0.2, -0.15) is 0 Å². The van der Waals surface area contributed by atoms with E-state index >= 15 is 0 Å². The smallest absolute Gasteiger partial charge is 0.405 e. The van der Waals surface area contributed by atoms with Gasteiger partial charge in [-0.05, 0) is 17.7 Å². The first-order valence-corrected chi connectivity index (χ1v) is 5.00. The average Bonchev–Trinajstić information content (AvgIpc) is 2.19. The van der Waals surface area contributed by atoms with Crippen LogP contribution in [0.5, 0.6) is 5.75 Å². The zero-order valence-corrected chi connectivity index (χ0v) is 9.48. The van der Waals surface area contributed by atoms with Gasteiger partial charge in [0.25, 0.3) is 5.91 Å². The fraction of sp³-hybridized carbons (Fsp3) is 0.200. The Balaban J connectivity index is 2.86.